The molecule has 7 nitrogen and oxygen atoms in total. The second kappa shape index (κ2) is 9.14. The minimum absolute atomic E-state index is 0.265. The van der Waals surface area contributed by atoms with E-state index >= 15 is 0 Å². The molecule has 0 fully saturated rings. The Morgan fingerprint density at radius 1 is 1.21 bits per heavy atom. The molecule has 1 aromatic carbocycles. The summed E-state index contributed by atoms with van der Waals surface area (Å²) in [5.74, 6) is -0.739. The van der Waals surface area contributed by atoms with Crippen LogP contribution >= 0.6 is 0 Å². The number of ether oxygens (including phenoxy) is 1. The van der Waals surface area contributed by atoms with Crippen LogP contribution in [0.1, 0.15) is 18.1 Å². The number of nitrogens with zero attached hydrogens (tertiary/aromatic N) is 1. The number of para-hydroxylation sites is 1. The Balaban J connectivity index is 1.64. The van der Waals surface area contributed by atoms with E-state index in [1.165, 1.54) is 7.11 Å². The molecule has 0 radical (unpaired) electrons. The smallest absolute Gasteiger partial charge is 0.328 e. The van der Waals surface area contributed by atoms with Crippen molar-refractivity contribution in [3.8, 4) is 0 Å². The third kappa shape index (κ3) is 4.75. The minimum atomic E-state index is -0.764. The van der Waals surface area contributed by atoms with E-state index in [9.17, 15) is 9.59 Å². The van der Waals surface area contributed by atoms with Crippen LogP contribution in [0.25, 0.3) is 10.9 Å². The maximum absolute atomic E-state index is 12.6. The van der Waals surface area contributed by atoms with Crippen molar-refractivity contribution < 1.29 is 14.3 Å². The van der Waals surface area contributed by atoms with Crippen molar-refractivity contribution in [2.75, 3.05) is 7.11 Å². The maximum atomic E-state index is 12.6. The fourth-order valence-corrected chi connectivity index (χ4v) is 3.02. The summed E-state index contributed by atoms with van der Waals surface area (Å²) in [6, 6.07) is 10.4. The van der Waals surface area contributed by atoms with E-state index in [2.05, 4.69) is 20.6 Å². The number of methoxy groups -OCH3 is 1. The van der Waals surface area contributed by atoms with Crippen molar-refractivity contribution in [1.82, 2.24) is 20.6 Å². The van der Waals surface area contributed by atoms with Gasteiger partial charge in [-0.3, -0.25) is 9.78 Å². The fraction of sp³-hybridized carbons (Fsp3) is 0.286. The number of aromatic nitrogens is 2. The van der Waals surface area contributed by atoms with Gasteiger partial charge in [0.15, 0.2) is 0 Å². The number of hydrogen-bond acceptors (Lipinski definition) is 5. The van der Waals surface area contributed by atoms with Gasteiger partial charge in [-0.2, -0.15) is 0 Å². The minimum Gasteiger partial charge on any atom is -0.467 e. The van der Waals surface area contributed by atoms with Crippen molar-refractivity contribution in [1.29, 1.82) is 0 Å². The van der Waals surface area contributed by atoms with Gasteiger partial charge in [0.2, 0.25) is 5.91 Å². The van der Waals surface area contributed by atoms with Gasteiger partial charge >= 0.3 is 5.97 Å². The van der Waals surface area contributed by atoms with Gasteiger partial charge in [0.1, 0.15) is 6.04 Å². The number of rotatable bonds is 8. The number of amides is 1. The van der Waals surface area contributed by atoms with Crippen molar-refractivity contribution in [3.63, 3.8) is 0 Å². The number of benzene rings is 1. The zero-order valence-electron chi connectivity index (χ0n) is 15.9. The van der Waals surface area contributed by atoms with Gasteiger partial charge < -0.3 is 20.4 Å². The molecule has 0 aliphatic carbocycles. The lowest BCUT2D eigenvalue weighted by molar-refractivity contribution is -0.145. The molecule has 1 amide bonds. The highest BCUT2D eigenvalue weighted by Crippen LogP contribution is 2.19. The van der Waals surface area contributed by atoms with Crippen molar-refractivity contribution in [2.24, 2.45) is 0 Å². The average Bonchev–Trinajstić information content (AvgIpc) is 3.14. The van der Waals surface area contributed by atoms with Crippen LogP contribution in [0.5, 0.6) is 0 Å². The maximum Gasteiger partial charge on any atom is 0.328 e. The summed E-state index contributed by atoms with van der Waals surface area (Å²) in [5, 5.41) is 6.96. The van der Waals surface area contributed by atoms with E-state index < -0.39 is 18.1 Å². The summed E-state index contributed by atoms with van der Waals surface area (Å²) < 4.78 is 4.89. The molecule has 3 rings (SSSR count). The highest BCUT2D eigenvalue weighted by atomic mass is 16.5. The van der Waals surface area contributed by atoms with E-state index in [1.807, 2.05) is 42.6 Å². The molecule has 2 heterocycles. The Morgan fingerprint density at radius 3 is 2.79 bits per heavy atom. The number of hydrogen-bond donors (Lipinski definition) is 3. The zero-order chi connectivity index (χ0) is 19.9. The van der Waals surface area contributed by atoms with E-state index in [0.29, 0.717) is 13.0 Å². The highest BCUT2D eigenvalue weighted by molar-refractivity contribution is 5.89. The molecular formula is C21H24N4O3. The van der Waals surface area contributed by atoms with E-state index in [1.54, 1.807) is 19.3 Å². The molecule has 2 aromatic heterocycles. The number of H-pyrrole nitrogens is 1. The summed E-state index contributed by atoms with van der Waals surface area (Å²) >= 11 is 0. The van der Waals surface area contributed by atoms with Gasteiger partial charge in [-0.15, -0.1) is 0 Å². The first-order chi connectivity index (χ1) is 13.6. The number of nitrogens with one attached hydrogen (secondary N) is 3. The van der Waals surface area contributed by atoms with Gasteiger partial charge in [0.05, 0.1) is 13.2 Å². The molecule has 0 unspecified atom stereocenters. The monoisotopic (exact) mass is 380 g/mol. The summed E-state index contributed by atoms with van der Waals surface area (Å²) in [6.07, 6.45) is 5.64. The largest absolute Gasteiger partial charge is 0.467 e. The molecule has 7 heteroatoms. The van der Waals surface area contributed by atoms with Crippen LogP contribution in [0.2, 0.25) is 0 Å². The van der Waals surface area contributed by atoms with Crippen LogP contribution in [0.4, 0.5) is 0 Å². The average molecular weight is 380 g/mol. The first-order valence-corrected chi connectivity index (χ1v) is 9.14. The zero-order valence-corrected chi connectivity index (χ0v) is 15.9. The third-order valence-corrected chi connectivity index (χ3v) is 4.63. The van der Waals surface area contributed by atoms with E-state index in [4.69, 9.17) is 4.74 Å². The molecule has 0 saturated carbocycles. The van der Waals surface area contributed by atoms with E-state index in [-0.39, 0.29) is 5.91 Å². The highest BCUT2D eigenvalue weighted by Gasteiger charge is 2.25. The summed E-state index contributed by atoms with van der Waals surface area (Å²) in [6.45, 7) is 2.26. The number of aromatic amines is 1. The van der Waals surface area contributed by atoms with Crippen LogP contribution in [0.3, 0.4) is 0 Å². The lowest BCUT2D eigenvalue weighted by atomic mass is 10.0. The molecule has 0 saturated heterocycles. The molecule has 0 aliphatic heterocycles. The van der Waals surface area contributed by atoms with Gasteiger partial charge in [0.25, 0.3) is 0 Å². The topological polar surface area (TPSA) is 96.1 Å². The van der Waals surface area contributed by atoms with Gasteiger partial charge in [-0.05, 0) is 30.2 Å². The van der Waals surface area contributed by atoms with Crippen LogP contribution in [0.15, 0.2) is 55.0 Å². The predicted molar refractivity (Wildman–Crippen MR) is 106 cm³/mol. The summed E-state index contributed by atoms with van der Waals surface area (Å²) in [7, 11) is 1.32. The van der Waals surface area contributed by atoms with Crippen molar-refractivity contribution in [3.05, 3.63) is 66.1 Å². The Bertz CT molecular complexity index is 939. The first-order valence-electron chi connectivity index (χ1n) is 9.14. The lowest BCUT2D eigenvalue weighted by Gasteiger charge is -2.20. The van der Waals surface area contributed by atoms with Crippen LogP contribution in [0, 0.1) is 0 Å². The number of carbonyl (C=O) groups excluding carboxylic acids is 2. The normalized spacial score (nSPS) is 13.1. The predicted octanol–water partition coefficient (Wildman–Crippen LogP) is 1.94. The molecular weight excluding hydrogens is 356 g/mol. The number of esters is 1. The molecule has 3 aromatic rings. The number of fused-ring (bicyclic) bond motifs is 1. The van der Waals surface area contributed by atoms with Crippen LogP contribution in [-0.4, -0.2) is 41.0 Å². The van der Waals surface area contributed by atoms with Gasteiger partial charge in [0, 0.05) is 42.5 Å². The lowest BCUT2D eigenvalue weighted by Crippen LogP contribution is -2.50. The van der Waals surface area contributed by atoms with Gasteiger partial charge in [-0.1, -0.05) is 24.3 Å². The SMILES string of the molecule is COC(=O)[C@H](Cc1c[nH]c2ccccc12)NC(=O)[C@H](C)NCc1cccnc1. The summed E-state index contributed by atoms with van der Waals surface area (Å²) in [4.78, 5) is 32.1. The molecule has 2 atom stereocenters. The molecule has 28 heavy (non-hydrogen) atoms. The Morgan fingerprint density at radius 2 is 2.04 bits per heavy atom. The standard InChI is InChI=1S/C21H24N4O3/c1-14(23-12-15-6-5-9-22-11-15)20(26)25-19(21(27)28-2)10-16-13-24-18-8-4-3-7-17(16)18/h3-9,11,13-14,19,23-24H,10,12H2,1-2H3,(H,25,26)/t14-,19-/m0/s1. The fourth-order valence-electron chi connectivity index (χ4n) is 3.02. The molecule has 0 bridgehead atoms. The van der Waals surface area contributed by atoms with Gasteiger partial charge in [-0.25, -0.2) is 4.79 Å². The quantitative estimate of drug-likeness (QED) is 0.519. The third-order valence-electron chi connectivity index (χ3n) is 4.63. The molecule has 0 spiro atoms. The van der Waals surface area contributed by atoms with Crippen LogP contribution in [-0.2, 0) is 27.3 Å². The molecule has 146 valence electrons. The Labute approximate surface area is 163 Å². The molecule has 0 aliphatic rings. The Kier molecular flexibility index (Phi) is 6.39. The number of pyridine rings is 1. The number of carbonyl (C=O) groups is 2. The van der Waals surface area contributed by atoms with E-state index in [0.717, 1.165) is 22.0 Å². The second-order valence-corrected chi connectivity index (χ2v) is 6.61. The molecule has 3 N–H and O–H groups in total. The Hall–Kier alpha value is -3.19. The first kappa shape index (κ1) is 19.6. The van der Waals surface area contributed by atoms with Crippen molar-refractivity contribution >= 4 is 22.8 Å². The van der Waals surface area contributed by atoms with Crippen molar-refractivity contribution in [2.45, 2.75) is 32.0 Å². The summed E-state index contributed by atoms with van der Waals surface area (Å²) in [5.41, 5.74) is 2.91. The second-order valence-electron chi connectivity index (χ2n) is 6.61. The van der Waals surface area contributed by atoms with Crippen LogP contribution < -0.4 is 10.6 Å².